The number of anilines is 1. The highest BCUT2D eigenvalue weighted by atomic mass is 16.6. The molecule has 0 saturated heterocycles. The van der Waals surface area contributed by atoms with Crippen LogP contribution < -0.4 is 10.1 Å². The summed E-state index contributed by atoms with van der Waals surface area (Å²) in [4.78, 5) is 27.2. The van der Waals surface area contributed by atoms with Gasteiger partial charge in [0.05, 0.1) is 11.3 Å². The SMILES string of the molecule is O=C(Cc1cccc2ccccc12)Nc1cc(C2CC(Oc3ncccc3[N+](=O)[O-])C2)[nH]n1. The van der Waals surface area contributed by atoms with E-state index in [0.29, 0.717) is 18.7 Å². The van der Waals surface area contributed by atoms with Crippen molar-refractivity contribution in [1.82, 2.24) is 15.2 Å². The van der Waals surface area contributed by atoms with Gasteiger partial charge in [-0.1, -0.05) is 42.5 Å². The van der Waals surface area contributed by atoms with Crippen molar-refractivity contribution >= 4 is 28.2 Å². The average Bonchev–Trinajstić information content (AvgIpc) is 3.24. The number of nitrogens with zero attached hydrogens (tertiary/aromatic N) is 3. The summed E-state index contributed by atoms with van der Waals surface area (Å²) in [5, 5.41) is 23.3. The Hall–Kier alpha value is -4.27. The molecule has 2 heterocycles. The molecule has 1 aliphatic rings. The predicted molar refractivity (Wildman–Crippen MR) is 122 cm³/mol. The van der Waals surface area contributed by atoms with Gasteiger partial charge in [0.2, 0.25) is 5.91 Å². The fourth-order valence-electron chi connectivity index (χ4n) is 4.10. The zero-order valence-corrected chi connectivity index (χ0v) is 17.6. The highest BCUT2D eigenvalue weighted by Gasteiger charge is 2.35. The van der Waals surface area contributed by atoms with E-state index in [9.17, 15) is 14.9 Å². The molecule has 2 aromatic heterocycles. The van der Waals surface area contributed by atoms with E-state index >= 15 is 0 Å². The number of pyridine rings is 1. The van der Waals surface area contributed by atoms with Crippen molar-refractivity contribution in [2.24, 2.45) is 0 Å². The molecule has 9 nitrogen and oxygen atoms in total. The van der Waals surface area contributed by atoms with Gasteiger partial charge in [0.1, 0.15) is 6.10 Å². The van der Waals surface area contributed by atoms with Gasteiger partial charge in [-0.25, -0.2) is 4.98 Å². The molecule has 1 aliphatic carbocycles. The lowest BCUT2D eigenvalue weighted by Crippen LogP contribution is -2.32. The van der Waals surface area contributed by atoms with E-state index in [4.69, 9.17) is 4.74 Å². The maximum Gasteiger partial charge on any atom is 0.330 e. The number of benzene rings is 2. The summed E-state index contributed by atoms with van der Waals surface area (Å²) in [5.74, 6) is 0.549. The number of hydrogen-bond donors (Lipinski definition) is 2. The van der Waals surface area contributed by atoms with Crippen LogP contribution in [-0.4, -0.2) is 32.1 Å². The predicted octanol–water partition coefficient (Wildman–Crippen LogP) is 4.37. The maximum absolute atomic E-state index is 12.6. The van der Waals surface area contributed by atoms with Crippen LogP contribution in [0.1, 0.15) is 30.0 Å². The molecule has 9 heteroatoms. The number of carbonyl (C=O) groups is 1. The molecule has 1 amide bonds. The summed E-state index contributed by atoms with van der Waals surface area (Å²) in [6.45, 7) is 0. The minimum Gasteiger partial charge on any atom is -0.469 e. The fourth-order valence-corrected chi connectivity index (χ4v) is 4.10. The topological polar surface area (TPSA) is 123 Å². The van der Waals surface area contributed by atoms with Crippen LogP contribution in [0.25, 0.3) is 10.8 Å². The van der Waals surface area contributed by atoms with Crippen LogP contribution in [0.15, 0.2) is 66.9 Å². The minimum absolute atomic E-state index is 0.0388. The highest BCUT2D eigenvalue weighted by Crippen LogP contribution is 2.40. The molecule has 0 spiro atoms. The molecule has 0 bridgehead atoms. The summed E-state index contributed by atoms with van der Waals surface area (Å²) in [6.07, 6.45) is 2.93. The van der Waals surface area contributed by atoms with E-state index < -0.39 is 4.92 Å². The van der Waals surface area contributed by atoms with Crippen molar-refractivity contribution in [2.45, 2.75) is 31.3 Å². The Balaban J connectivity index is 1.17. The fraction of sp³-hybridized carbons (Fsp3) is 0.208. The molecule has 2 N–H and O–H groups in total. The summed E-state index contributed by atoms with van der Waals surface area (Å²) in [5.41, 5.74) is 1.72. The summed E-state index contributed by atoms with van der Waals surface area (Å²) in [6, 6.07) is 18.6. The highest BCUT2D eigenvalue weighted by molar-refractivity contribution is 5.95. The number of rotatable bonds is 7. The Kier molecular flexibility index (Phi) is 5.43. The van der Waals surface area contributed by atoms with Gasteiger partial charge in [0.25, 0.3) is 5.88 Å². The average molecular weight is 443 g/mol. The molecule has 1 fully saturated rings. The van der Waals surface area contributed by atoms with E-state index in [0.717, 1.165) is 22.0 Å². The smallest absolute Gasteiger partial charge is 0.330 e. The number of fused-ring (bicyclic) bond motifs is 1. The number of aromatic nitrogens is 3. The number of carbonyl (C=O) groups excluding carboxylic acids is 1. The Morgan fingerprint density at radius 3 is 2.82 bits per heavy atom. The maximum atomic E-state index is 12.6. The monoisotopic (exact) mass is 443 g/mol. The molecule has 33 heavy (non-hydrogen) atoms. The van der Waals surface area contributed by atoms with E-state index in [-0.39, 0.29) is 35.9 Å². The number of nitro groups is 1. The van der Waals surface area contributed by atoms with E-state index in [2.05, 4.69) is 20.5 Å². The summed E-state index contributed by atoms with van der Waals surface area (Å²) >= 11 is 0. The van der Waals surface area contributed by atoms with Gasteiger partial charge >= 0.3 is 5.69 Å². The molecule has 1 saturated carbocycles. The van der Waals surface area contributed by atoms with Crippen LogP contribution in [0.2, 0.25) is 0 Å². The lowest BCUT2D eigenvalue weighted by Gasteiger charge is -2.33. The summed E-state index contributed by atoms with van der Waals surface area (Å²) in [7, 11) is 0. The zero-order valence-electron chi connectivity index (χ0n) is 17.6. The first-order valence-electron chi connectivity index (χ1n) is 10.6. The van der Waals surface area contributed by atoms with Gasteiger partial charge in [-0.15, -0.1) is 0 Å². The number of ether oxygens (including phenoxy) is 1. The number of aromatic amines is 1. The lowest BCUT2D eigenvalue weighted by atomic mass is 9.80. The second-order valence-electron chi connectivity index (χ2n) is 8.06. The minimum atomic E-state index is -0.499. The molecular formula is C24H21N5O4. The van der Waals surface area contributed by atoms with E-state index in [1.165, 1.54) is 18.3 Å². The number of hydrogen-bond acceptors (Lipinski definition) is 6. The third-order valence-corrected chi connectivity index (χ3v) is 5.86. The van der Waals surface area contributed by atoms with Gasteiger partial charge < -0.3 is 10.1 Å². The van der Waals surface area contributed by atoms with Crippen molar-refractivity contribution < 1.29 is 14.5 Å². The molecule has 0 unspecified atom stereocenters. The molecule has 0 atom stereocenters. The van der Waals surface area contributed by atoms with Crippen LogP contribution in [-0.2, 0) is 11.2 Å². The molecule has 166 valence electrons. The molecule has 0 radical (unpaired) electrons. The Morgan fingerprint density at radius 1 is 1.15 bits per heavy atom. The normalized spacial score (nSPS) is 17.3. The number of H-pyrrole nitrogens is 1. The second-order valence-corrected chi connectivity index (χ2v) is 8.06. The Morgan fingerprint density at radius 2 is 1.97 bits per heavy atom. The molecule has 2 aromatic carbocycles. The molecule has 0 aliphatic heterocycles. The van der Waals surface area contributed by atoms with Gasteiger partial charge in [0, 0.05) is 29.9 Å². The van der Waals surface area contributed by atoms with Crippen molar-refractivity contribution in [3.63, 3.8) is 0 Å². The van der Waals surface area contributed by atoms with Crippen molar-refractivity contribution in [3.8, 4) is 5.88 Å². The third-order valence-electron chi connectivity index (χ3n) is 5.86. The van der Waals surface area contributed by atoms with Crippen molar-refractivity contribution in [2.75, 3.05) is 5.32 Å². The van der Waals surface area contributed by atoms with Crippen molar-refractivity contribution in [3.05, 3.63) is 88.2 Å². The van der Waals surface area contributed by atoms with Crippen LogP contribution in [0.3, 0.4) is 0 Å². The second kappa shape index (κ2) is 8.70. The zero-order chi connectivity index (χ0) is 22.8. The largest absolute Gasteiger partial charge is 0.469 e. The van der Waals surface area contributed by atoms with Gasteiger partial charge in [0.15, 0.2) is 5.82 Å². The quantitative estimate of drug-likeness (QED) is 0.323. The van der Waals surface area contributed by atoms with E-state index in [1.807, 2.05) is 48.5 Å². The first kappa shape index (κ1) is 20.6. The molecule has 5 rings (SSSR count). The van der Waals surface area contributed by atoms with Crippen LogP contribution >= 0.6 is 0 Å². The van der Waals surface area contributed by atoms with Crippen LogP contribution in [0.4, 0.5) is 11.5 Å². The van der Waals surface area contributed by atoms with E-state index in [1.54, 1.807) is 0 Å². The molecule has 4 aromatic rings. The van der Waals surface area contributed by atoms with Crippen molar-refractivity contribution in [1.29, 1.82) is 0 Å². The van der Waals surface area contributed by atoms with Crippen LogP contribution in [0, 0.1) is 10.1 Å². The van der Waals surface area contributed by atoms with Gasteiger partial charge in [-0.2, -0.15) is 5.10 Å². The van der Waals surface area contributed by atoms with Crippen LogP contribution in [0.5, 0.6) is 5.88 Å². The Labute approximate surface area is 189 Å². The summed E-state index contributed by atoms with van der Waals surface area (Å²) < 4.78 is 5.71. The number of nitrogens with one attached hydrogen (secondary N) is 2. The Bertz CT molecular complexity index is 1320. The third kappa shape index (κ3) is 4.38. The van der Waals surface area contributed by atoms with Gasteiger partial charge in [-0.3, -0.25) is 20.0 Å². The van der Waals surface area contributed by atoms with Gasteiger partial charge in [-0.05, 0) is 35.2 Å². The number of amides is 1. The molecular weight excluding hydrogens is 422 g/mol. The first-order chi connectivity index (χ1) is 16.1. The lowest BCUT2D eigenvalue weighted by molar-refractivity contribution is -0.386. The first-order valence-corrected chi connectivity index (χ1v) is 10.6. The standard InChI is InChI=1S/C24H21N5O4/c30-23(13-16-7-3-6-15-5-1-2-8-19(15)16)26-22-14-20(27-28-22)17-11-18(12-17)33-24-21(29(31)32)9-4-10-25-24/h1-10,14,17-18H,11-13H2,(H2,26,27,28,30).